The molecule has 2 atom stereocenters. The SMILES string of the molecule is CCCCCCC/C=C\C/C=C\C/C=C\CCCCCCCCCOCC(COP(=O)(O)OCC[N+](C)(C)C)OC(=O)CCCCCCCCCCCCCCCC. The van der Waals surface area contributed by atoms with Crippen molar-refractivity contribution in [1.29, 1.82) is 0 Å². The summed E-state index contributed by atoms with van der Waals surface area (Å²) in [5.41, 5.74) is 0. The van der Waals surface area contributed by atoms with Crippen LogP contribution in [0, 0.1) is 0 Å². The van der Waals surface area contributed by atoms with Crippen LogP contribution in [0.15, 0.2) is 36.5 Å². The first kappa shape index (κ1) is 56.7. The zero-order valence-electron chi connectivity index (χ0n) is 38.8. The molecule has 0 saturated heterocycles. The molecule has 0 saturated carbocycles. The highest BCUT2D eigenvalue weighted by Crippen LogP contribution is 2.43. The summed E-state index contributed by atoms with van der Waals surface area (Å²) in [7, 11) is 1.67. The highest BCUT2D eigenvalue weighted by molar-refractivity contribution is 7.47. The highest BCUT2D eigenvalue weighted by Gasteiger charge is 2.26. The standard InChI is InChI=1S/C49H94NO7P/c1-6-8-10-12-14-16-18-20-22-23-24-25-26-27-28-29-31-33-35-37-39-41-44-54-46-48(47-56-58(52,53)55-45-43-50(3,4)5)57-49(51)42-40-38-36-34-32-30-21-19-17-15-13-11-9-7-2/h18,20,23-24,26-27,48H,6-17,19,21-22,25,28-47H2,1-5H3/p+1/b20-18-,24-23-,27-26-. The molecule has 0 aromatic rings. The molecule has 0 aliphatic rings. The summed E-state index contributed by atoms with van der Waals surface area (Å²) in [6.45, 7) is 5.61. The molecule has 0 rings (SSSR count). The molecule has 0 aliphatic heterocycles. The van der Waals surface area contributed by atoms with Crippen LogP contribution in [0.5, 0.6) is 0 Å². The van der Waals surface area contributed by atoms with Crippen molar-refractivity contribution >= 4 is 13.8 Å². The largest absolute Gasteiger partial charge is 0.472 e. The normalized spacial score (nSPS) is 14.0. The summed E-state index contributed by atoms with van der Waals surface area (Å²) in [5, 5.41) is 0. The molecule has 1 N–H and O–H groups in total. The number of esters is 1. The number of phosphoric acid groups is 1. The predicted molar refractivity (Wildman–Crippen MR) is 247 cm³/mol. The van der Waals surface area contributed by atoms with Crippen molar-refractivity contribution in [3.8, 4) is 0 Å². The van der Waals surface area contributed by atoms with E-state index in [2.05, 4.69) is 50.3 Å². The van der Waals surface area contributed by atoms with Gasteiger partial charge in [0, 0.05) is 13.0 Å². The number of phosphoric ester groups is 1. The van der Waals surface area contributed by atoms with E-state index in [1.54, 1.807) is 0 Å². The van der Waals surface area contributed by atoms with E-state index in [-0.39, 0.29) is 25.8 Å². The highest BCUT2D eigenvalue weighted by atomic mass is 31.2. The second-order valence-electron chi connectivity index (χ2n) is 17.5. The summed E-state index contributed by atoms with van der Waals surface area (Å²) in [4.78, 5) is 22.9. The molecular weight excluding hydrogens is 746 g/mol. The molecule has 0 aliphatic carbocycles. The van der Waals surface area contributed by atoms with E-state index in [9.17, 15) is 14.3 Å². The lowest BCUT2D eigenvalue weighted by molar-refractivity contribution is -0.870. The maximum absolute atomic E-state index is 12.7. The Labute approximate surface area is 359 Å². The number of hydrogen-bond donors (Lipinski definition) is 1. The lowest BCUT2D eigenvalue weighted by atomic mass is 10.0. The van der Waals surface area contributed by atoms with Crippen molar-refractivity contribution in [3.05, 3.63) is 36.5 Å². The Morgan fingerprint density at radius 3 is 1.41 bits per heavy atom. The fourth-order valence-electron chi connectivity index (χ4n) is 6.68. The second kappa shape index (κ2) is 42.4. The van der Waals surface area contributed by atoms with Crippen molar-refractivity contribution in [3.63, 3.8) is 0 Å². The Bertz CT molecular complexity index is 1020. The van der Waals surface area contributed by atoms with Gasteiger partial charge in [-0.25, -0.2) is 4.57 Å². The molecule has 0 amide bonds. The maximum Gasteiger partial charge on any atom is 0.472 e. The van der Waals surface area contributed by atoms with Crippen LogP contribution >= 0.6 is 7.82 Å². The van der Waals surface area contributed by atoms with Gasteiger partial charge in [0.2, 0.25) is 0 Å². The topological polar surface area (TPSA) is 91.3 Å². The average Bonchev–Trinajstić information content (AvgIpc) is 3.18. The van der Waals surface area contributed by atoms with Gasteiger partial charge in [0.1, 0.15) is 19.3 Å². The Morgan fingerprint density at radius 2 is 0.948 bits per heavy atom. The Hall–Kier alpha value is -1.28. The number of carbonyl (C=O) groups is 1. The molecule has 58 heavy (non-hydrogen) atoms. The van der Waals surface area contributed by atoms with Crippen molar-refractivity contribution in [2.75, 3.05) is 54.1 Å². The number of quaternary nitrogens is 1. The Balaban J connectivity index is 4.17. The van der Waals surface area contributed by atoms with Crippen molar-refractivity contribution in [1.82, 2.24) is 0 Å². The minimum Gasteiger partial charge on any atom is -0.457 e. The van der Waals surface area contributed by atoms with Crippen LogP contribution in [0.1, 0.15) is 213 Å². The van der Waals surface area contributed by atoms with Crippen LogP contribution in [-0.4, -0.2) is 75.6 Å². The van der Waals surface area contributed by atoms with Crippen molar-refractivity contribution in [2.24, 2.45) is 0 Å². The third-order valence-corrected chi connectivity index (χ3v) is 11.4. The van der Waals surface area contributed by atoms with Gasteiger partial charge >= 0.3 is 13.8 Å². The molecule has 342 valence electrons. The predicted octanol–water partition coefficient (Wildman–Crippen LogP) is 14.6. The number of rotatable bonds is 45. The minimum absolute atomic E-state index is 0.0873. The van der Waals surface area contributed by atoms with Gasteiger partial charge in [-0.15, -0.1) is 0 Å². The summed E-state index contributed by atoms with van der Waals surface area (Å²) in [6, 6.07) is 0. The van der Waals surface area contributed by atoms with Crippen molar-refractivity contribution in [2.45, 2.75) is 219 Å². The molecule has 0 heterocycles. The first-order valence-corrected chi connectivity index (χ1v) is 25.7. The molecule has 0 fully saturated rings. The van der Waals surface area contributed by atoms with E-state index in [1.165, 1.54) is 141 Å². The quantitative estimate of drug-likeness (QED) is 0.0215. The number of hydrogen-bond acceptors (Lipinski definition) is 6. The van der Waals surface area contributed by atoms with Gasteiger partial charge in [-0.1, -0.05) is 192 Å². The third-order valence-electron chi connectivity index (χ3n) is 10.5. The van der Waals surface area contributed by atoms with E-state index in [0.29, 0.717) is 24.1 Å². The molecule has 8 nitrogen and oxygen atoms in total. The number of nitrogens with zero attached hydrogens (tertiary/aromatic N) is 1. The first-order chi connectivity index (χ1) is 28.1. The van der Waals surface area contributed by atoms with Crippen LogP contribution < -0.4 is 0 Å². The van der Waals surface area contributed by atoms with Gasteiger partial charge in [0.25, 0.3) is 0 Å². The Morgan fingerprint density at radius 1 is 0.534 bits per heavy atom. The molecular formula is C49H95NO7P+. The summed E-state index contributed by atoms with van der Waals surface area (Å²) in [5.74, 6) is -0.316. The summed E-state index contributed by atoms with van der Waals surface area (Å²) in [6.07, 6.45) is 50.3. The molecule has 0 bridgehead atoms. The minimum atomic E-state index is -4.28. The molecule has 0 spiro atoms. The molecule has 0 radical (unpaired) electrons. The summed E-state index contributed by atoms with van der Waals surface area (Å²) >= 11 is 0. The van der Waals surface area contributed by atoms with Gasteiger partial charge in [-0.05, 0) is 51.4 Å². The van der Waals surface area contributed by atoms with Crippen LogP contribution in [-0.2, 0) is 27.9 Å². The van der Waals surface area contributed by atoms with Gasteiger partial charge in [-0.2, -0.15) is 0 Å². The molecule has 9 heteroatoms. The number of carbonyl (C=O) groups excluding carboxylic acids is 1. The van der Waals surface area contributed by atoms with Gasteiger partial charge in [0.05, 0.1) is 34.4 Å². The smallest absolute Gasteiger partial charge is 0.457 e. The fraction of sp³-hybridized carbons (Fsp3) is 0.857. The van der Waals surface area contributed by atoms with E-state index in [1.807, 2.05) is 21.1 Å². The number of ether oxygens (including phenoxy) is 2. The summed E-state index contributed by atoms with van der Waals surface area (Å²) < 4.78 is 35.1. The van der Waals surface area contributed by atoms with Crippen LogP contribution in [0.4, 0.5) is 0 Å². The number of unbranched alkanes of at least 4 members (excludes halogenated alkanes) is 25. The zero-order valence-corrected chi connectivity index (χ0v) is 39.7. The molecule has 0 aromatic carbocycles. The molecule has 0 aromatic heterocycles. The lowest BCUT2D eigenvalue weighted by Crippen LogP contribution is -2.37. The van der Waals surface area contributed by atoms with Crippen LogP contribution in [0.3, 0.4) is 0 Å². The maximum atomic E-state index is 12.7. The van der Waals surface area contributed by atoms with E-state index in [0.717, 1.165) is 51.4 Å². The second-order valence-corrected chi connectivity index (χ2v) is 19.0. The monoisotopic (exact) mass is 841 g/mol. The van der Waals surface area contributed by atoms with Gasteiger partial charge in [-0.3, -0.25) is 13.8 Å². The number of allylic oxidation sites excluding steroid dienone is 6. The average molecular weight is 841 g/mol. The van der Waals surface area contributed by atoms with Crippen molar-refractivity contribution < 1.29 is 37.3 Å². The molecule has 2 unspecified atom stereocenters. The zero-order chi connectivity index (χ0) is 42.7. The first-order valence-electron chi connectivity index (χ1n) is 24.2. The van der Waals surface area contributed by atoms with Crippen LogP contribution in [0.2, 0.25) is 0 Å². The van der Waals surface area contributed by atoms with Gasteiger partial charge in [0.15, 0.2) is 0 Å². The third kappa shape index (κ3) is 45.8. The van der Waals surface area contributed by atoms with E-state index in [4.69, 9.17) is 18.5 Å². The lowest BCUT2D eigenvalue weighted by Gasteiger charge is -2.24. The van der Waals surface area contributed by atoms with E-state index < -0.39 is 13.9 Å². The Kier molecular flexibility index (Phi) is 41.5. The van der Waals surface area contributed by atoms with Crippen LogP contribution in [0.25, 0.3) is 0 Å². The number of likely N-dealkylation sites (N-methyl/N-ethyl adjacent to an activating group) is 1. The fourth-order valence-corrected chi connectivity index (χ4v) is 7.42. The van der Waals surface area contributed by atoms with E-state index >= 15 is 0 Å². The van der Waals surface area contributed by atoms with Gasteiger partial charge < -0.3 is 18.9 Å².